The van der Waals surface area contributed by atoms with Crippen LogP contribution in [0.2, 0.25) is 0 Å². The van der Waals surface area contributed by atoms with Gasteiger partial charge < -0.3 is 16.8 Å². The summed E-state index contributed by atoms with van der Waals surface area (Å²) < 4.78 is 0. The Kier molecular flexibility index (Phi) is 2.86. The highest BCUT2D eigenvalue weighted by Crippen LogP contribution is 1.98. The molecule has 0 radical (unpaired) electrons. The number of guanidine groups is 1. The fourth-order valence-electron chi connectivity index (χ4n) is 0.438. The van der Waals surface area contributed by atoms with Gasteiger partial charge in [-0.15, -0.1) is 0 Å². The largest absolute Gasteiger partial charge is 0.370 e. The van der Waals surface area contributed by atoms with Gasteiger partial charge in [0.25, 0.3) is 0 Å². The van der Waals surface area contributed by atoms with Gasteiger partial charge in [-0.05, 0) is 13.8 Å². The summed E-state index contributed by atoms with van der Waals surface area (Å²) in [4.78, 5) is 14.4. The summed E-state index contributed by atoms with van der Waals surface area (Å²) in [6.45, 7) is 3.26. The number of aliphatic imine (C=N–C) groups is 1. The fraction of sp³-hybridized carbons (Fsp3) is 0.667. The summed E-state index contributed by atoms with van der Waals surface area (Å²) in [5, 5.41) is 2.66. The van der Waals surface area contributed by atoms with Gasteiger partial charge in [-0.2, -0.15) is 0 Å². The van der Waals surface area contributed by atoms with Gasteiger partial charge in [0, 0.05) is 7.05 Å². The van der Waals surface area contributed by atoms with Crippen LogP contribution in [-0.2, 0) is 4.79 Å². The number of nitrogens with zero attached hydrogens (tertiary/aromatic N) is 1. The van der Waals surface area contributed by atoms with E-state index in [1.54, 1.807) is 13.8 Å². The van der Waals surface area contributed by atoms with E-state index in [0.717, 1.165) is 0 Å². The van der Waals surface area contributed by atoms with Crippen molar-refractivity contribution in [3.8, 4) is 0 Å². The Labute approximate surface area is 65.9 Å². The average Bonchev–Trinajstić information content (AvgIpc) is 1.86. The predicted molar refractivity (Wildman–Crippen MR) is 44.0 cm³/mol. The lowest BCUT2D eigenvalue weighted by atomic mass is 10.1. The SMILES string of the molecule is CN=C(N)NC(C)(C)C(N)=O. The highest BCUT2D eigenvalue weighted by atomic mass is 16.1. The zero-order valence-electron chi connectivity index (χ0n) is 7.01. The molecule has 0 fully saturated rings. The molecule has 0 aliphatic rings. The Hall–Kier alpha value is -1.26. The lowest BCUT2D eigenvalue weighted by Gasteiger charge is -2.22. The monoisotopic (exact) mass is 158 g/mol. The Morgan fingerprint density at radius 1 is 1.45 bits per heavy atom. The number of carbonyl (C=O) groups is 1. The third-order valence-corrected chi connectivity index (χ3v) is 1.30. The van der Waals surface area contributed by atoms with Crippen molar-refractivity contribution < 1.29 is 4.79 Å². The second-order valence-corrected chi connectivity index (χ2v) is 2.72. The van der Waals surface area contributed by atoms with E-state index in [1.807, 2.05) is 0 Å². The Morgan fingerprint density at radius 3 is 2.18 bits per heavy atom. The molecule has 0 aromatic carbocycles. The van der Waals surface area contributed by atoms with E-state index in [9.17, 15) is 4.79 Å². The summed E-state index contributed by atoms with van der Waals surface area (Å²) in [5.41, 5.74) is 9.55. The van der Waals surface area contributed by atoms with Gasteiger partial charge in [0.05, 0.1) is 0 Å². The van der Waals surface area contributed by atoms with Crippen LogP contribution in [0.3, 0.4) is 0 Å². The summed E-state index contributed by atoms with van der Waals surface area (Å²) in [6, 6.07) is 0. The van der Waals surface area contributed by atoms with Crippen LogP contribution in [0.25, 0.3) is 0 Å². The summed E-state index contributed by atoms with van der Waals surface area (Å²) in [7, 11) is 1.53. The first-order valence-corrected chi connectivity index (χ1v) is 3.20. The standard InChI is InChI=1S/C6H14N4O/c1-6(2,4(7)11)10-5(8)9-3/h1-3H3,(H2,7,11)(H3,8,9,10). The van der Waals surface area contributed by atoms with Gasteiger partial charge >= 0.3 is 0 Å². The molecule has 0 saturated heterocycles. The quantitative estimate of drug-likeness (QED) is 0.347. The van der Waals surface area contributed by atoms with Gasteiger partial charge in [-0.1, -0.05) is 0 Å². The molecule has 0 spiro atoms. The van der Waals surface area contributed by atoms with Crippen LogP contribution in [0.15, 0.2) is 4.99 Å². The van der Waals surface area contributed by atoms with E-state index in [-0.39, 0.29) is 5.96 Å². The molecule has 1 amide bonds. The topological polar surface area (TPSA) is 93.5 Å². The molecule has 0 heterocycles. The van der Waals surface area contributed by atoms with E-state index in [4.69, 9.17) is 11.5 Å². The number of hydrogen-bond donors (Lipinski definition) is 3. The van der Waals surface area contributed by atoms with Crippen molar-refractivity contribution in [3.63, 3.8) is 0 Å². The second-order valence-electron chi connectivity index (χ2n) is 2.72. The van der Waals surface area contributed by atoms with Gasteiger partial charge in [-0.25, -0.2) is 0 Å². The summed E-state index contributed by atoms with van der Waals surface area (Å²) >= 11 is 0. The number of carbonyl (C=O) groups excluding carboxylic acids is 1. The van der Waals surface area contributed by atoms with E-state index < -0.39 is 11.4 Å². The molecule has 5 N–H and O–H groups in total. The Bertz CT molecular complexity index is 185. The van der Waals surface area contributed by atoms with Gasteiger partial charge in [-0.3, -0.25) is 9.79 Å². The van der Waals surface area contributed by atoms with Crippen LogP contribution in [-0.4, -0.2) is 24.5 Å². The minimum atomic E-state index is -0.844. The first-order chi connectivity index (χ1) is 4.90. The first-order valence-electron chi connectivity index (χ1n) is 3.20. The van der Waals surface area contributed by atoms with Crippen LogP contribution < -0.4 is 16.8 Å². The molecule has 0 aliphatic heterocycles. The van der Waals surface area contributed by atoms with Gasteiger partial charge in [0.1, 0.15) is 5.54 Å². The van der Waals surface area contributed by atoms with E-state index >= 15 is 0 Å². The highest BCUT2D eigenvalue weighted by molar-refractivity contribution is 5.90. The molecule has 5 nitrogen and oxygen atoms in total. The molecule has 0 unspecified atom stereocenters. The maximum atomic E-state index is 10.7. The van der Waals surface area contributed by atoms with E-state index in [2.05, 4.69) is 10.3 Å². The number of hydrogen-bond acceptors (Lipinski definition) is 2. The van der Waals surface area contributed by atoms with Crippen molar-refractivity contribution in [2.75, 3.05) is 7.05 Å². The molecule has 5 heteroatoms. The van der Waals surface area contributed by atoms with Gasteiger partial charge in [0.15, 0.2) is 5.96 Å². The van der Waals surface area contributed by atoms with E-state index in [0.29, 0.717) is 0 Å². The number of rotatable bonds is 2. The molecular formula is C6H14N4O. The number of primary amides is 1. The molecule has 0 saturated carbocycles. The van der Waals surface area contributed by atoms with Crippen LogP contribution in [0.4, 0.5) is 0 Å². The second kappa shape index (κ2) is 3.23. The van der Waals surface area contributed by atoms with Crippen molar-refractivity contribution in [1.82, 2.24) is 5.32 Å². The van der Waals surface area contributed by atoms with Crippen molar-refractivity contribution in [2.24, 2.45) is 16.5 Å². The number of amides is 1. The molecule has 0 rings (SSSR count). The van der Waals surface area contributed by atoms with Crippen molar-refractivity contribution in [1.29, 1.82) is 0 Å². The zero-order chi connectivity index (χ0) is 9.07. The predicted octanol–water partition coefficient (Wildman–Crippen LogP) is -1.22. The lowest BCUT2D eigenvalue weighted by Crippen LogP contribution is -2.55. The van der Waals surface area contributed by atoms with Crippen LogP contribution >= 0.6 is 0 Å². The van der Waals surface area contributed by atoms with Crippen LogP contribution in [0.1, 0.15) is 13.8 Å². The highest BCUT2D eigenvalue weighted by Gasteiger charge is 2.24. The fourth-order valence-corrected chi connectivity index (χ4v) is 0.438. The molecule has 0 aliphatic carbocycles. The van der Waals surface area contributed by atoms with E-state index in [1.165, 1.54) is 7.05 Å². The average molecular weight is 158 g/mol. The third kappa shape index (κ3) is 2.88. The normalized spacial score (nSPS) is 12.8. The maximum absolute atomic E-state index is 10.7. The molecule has 0 atom stereocenters. The summed E-state index contributed by atoms with van der Waals surface area (Å²) in [6.07, 6.45) is 0. The van der Waals surface area contributed by atoms with Crippen molar-refractivity contribution in [2.45, 2.75) is 19.4 Å². The first kappa shape index (κ1) is 9.74. The van der Waals surface area contributed by atoms with Crippen molar-refractivity contribution >= 4 is 11.9 Å². The smallest absolute Gasteiger partial charge is 0.242 e. The van der Waals surface area contributed by atoms with Crippen LogP contribution in [0, 0.1) is 0 Å². The molecular weight excluding hydrogens is 144 g/mol. The van der Waals surface area contributed by atoms with Crippen LogP contribution in [0.5, 0.6) is 0 Å². The lowest BCUT2D eigenvalue weighted by molar-refractivity contribution is -0.122. The molecule has 0 aromatic rings. The van der Waals surface area contributed by atoms with Gasteiger partial charge in [0.2, 0.25) is 5.91 Å². The molecule has 11 heavy (non-hydrogen) atoms. The minimum absolute atomic E-state index is 0.203. The molecule has 0 aromatic heterocycles. The number of nitrogens with two attached hydrogens (primary N) is 2. The molecule has 0 bridgehead atoms. The third-order valence-electron chi connectivity index (χ3n) is 1.30. The molecule has 64 valence electrons. The Morgan fingerprint density at radius 2 is 1.91 bits per heavy atom. The summed E-state index contributed by atoms with van der Waals surface area (Å²) in [5.74, 6) is -0.266. The number of nitrogens with one attached hydrogen (secondary N) is 1. The Balaban J connectivity index is 4.24. The zero-order valence-corrected chi connectivity index (χ0v) is 7.01. The maximum Gasteiger partial charge on any atom is 0.242 e. The van der Waals surface area contributed by atoms with Crippen molar-refractivity contribution in [3.05, 3.63) is 0 Å². The minimum Gasteiger partial charge on any atom is -0.370 e.